The number of nitrogens with zero attached hydrogens (tertiary/aromatic N) is 1. The lowest BCUT2D eigenvalue weighted by atomic mass is 9.99. The number of halogens is 2. The quantitative estimate of drug-likeness (QED) is 0.838. The van der Waals surface area contributed by atoms with Crippen molar-refractivity contribution in [1.82, 2.24) is 10.3 Å². The van der Waals surface area contributed by atoms with Crippen LogP contribution in [0.2, 0.25) is 10.0 Å². The first-order valence-electron chi connectivity index (χ1n) is 6.78. The Bertz CT molecular complexity index is 540. The average molecular weight is 309 g/mol. The Morgan fingerprint density at radius 1 is 1.15 bits per heavy atom. The van der Waals surface area contributed by atoms with Gasteiger partial charge in [0.15, 0.2) is 0 Å². The normalized spacial score (nSPS) is 12.3. The maximum atomic E-state index is 6.27. The van der Waals surface area contributed by atoms with Gasteiger partial charge in [-0.2, -0.15) is 0 Å². The van der Waals surface area contributed by atoms with Gasteiger partial charge in [0, 0.05) is 23.5 Å². The van der Waals surface area contributed by atoms with Crippen LogP contribution in [0.5, 0.6) is 0 Å². The van der Waals surface area contributed by atoms with Crippen molar-refractivity contribution >= 4 is 23.2 Å². The van der Waals surface area contributed by atoms with Crippen molar-refractivity contribution in [1.29, 1.82) is 0 Å². The number of hydrogen-bond donors (Lipinski definition) is 1. The second kappa shape index (κ2) is 7.63. The minimum absolute atomic E-state index is 0.187. The summed E-state index contributed by atoms with van der Waals surface area (Å²) in [4.78, 5) is 4.05. The maximum Gasteiger partial charge on any atom is 0.0637 e. The highest BCUT2D eigenvalue weighted by atomic mass is 35.5. The van der Waals surface area contributed by atoms with E-state index in [-0.39, 0.29) is 6.04 Å². The first kappa shape index (κ1) is 15.3. The van der Waals surface area contributed by atoms with E-state index < -0.39 is 0 Å². The Morgan fingerprint density at radius 3 is 2.55 bits per heavy atom. The summed E-state index contributed by atoms with van der Waals surface area (Å²) in [6.07, 6.45) is 5.43. The van der Waals surface area contributed by atoms with E-state index in [0.717, 1.165) is 30.0 Å². The van der Waals surface area contributed by atoms with Crippen molar-refractivity contribution in [3.05, 3.63) is 63.9 Å². The Morgan fingerprint density at radius 2 is 1.90 bits per heavy atom. The van der Waals surface area contributed by atoms with Crippen molar-refractivity contribution in [3.63, 3.8) is 0 Å². The van der Waals surface area contributed by atoms with E-state index in [4.69, 9.17) is 23.2 Å². The molecule has 0 radical (unpaired) electrons. The molecule has 2 aromatic rings. The molecule has 1 unspecified atom stereocenters. The number of rotatable bonds is 6. The average Bonchev–Trinajstić information content (AvgIpc) is 2.46. The van der Waals surface area contributed by atoms with E-state index in [1.54, 1.807) is 12.4 Å². The number of benzene rings is 1. The topological polar surface area (TPSA) is 24.9 Å². The van der Waals surface area contributed by atoms with Gasteiger partial charge in [-0.1, -0.05) is 42.3 Å². The van der Waals surface area contributed by atoms with E-state index in [2.05, 4.69) is 29.4 Å². The molecule has 20 heavy (non-hydrogen) atoms. The van der Waals surface area contributed by atoms with Gasteiger partial charge in [0.05, 0.1) is 5.02 Å². The molecular formula is C16H18Cl2N2. The summed E-state index contributed by atoms with van der Waals surface area (Å²) in [5.41, 5.74) is 2.32. The molecule has 0 fully saturated rings. The molecular weight excluding hydrogens is 291 g/mol. The van der Waals surface area contributed by atoms with Crippen molar-refractivity contribution in [3.8, 4) is 0 Å². The predicted molar refractivity (Wildman–Crippen MR) is 85.4 cm³/mol. The standard InChI is InChI=1S/C16H18Cl2N2/c1-2-8-20-16(14-7-9-19-11-15(14)18)10-12-3-5-13(17)6-4-12/h3-7,9,11,16,20H,2,8,10H2,1H3. The van der Waals surface area contributed by atoms with Crippen molar-refractivity contribution < 1.29 is 0 Å². The molecule has 1 heterocycles. The third-order valence-electron chi connectivity index (χ3n) is 3.17. The molecule has 4 heteroatoms. The van der Waals surface area contributed by atoms with Crippen LogP contribution in [0.15, 0.2) is 42.7 Å². The Kier molecular flexibility index (Phi) is 5.84. The second-order valence-electron chi connectivity index (χ2n) is 4.73. The van der Waals surface area contributed by atoms with E-state index in [0.29, 0.717) is 5.02 Å². The van der Waals surface area contributed by atoms with Crippen molar-refractivity contribution in [2.45, 2.75) is 25.8 Å². The molecule has 0 aliphatic heterocycles. The highest BCUT2D eigenvalue weighted by molar-refractivity contribution is 6.31. The van der Waals surface area contributed by atoms with Crippen LogP contribution in [0.25, 0.3) is 0 Å². The highest BCUT2D eigenvalue weighted by Crippen LogP contribution is 2.25. The molecule has 0 aliphatic carbocycles. The molecule has 0 bridgehead atoms. The molecule has 106 valence electrons. The fourth-order valence-corrected chi connectivity index (χ4v) is 2.51. The fraction of sp³-hybridized carbons (Fsp3) is 0.312. The lowest BCUT2D eigenvalue weighted by molar-refractivity contribution is 0.529. The van der Waals surface area contributed by atoms with Gasteiger partial charge >= 0.3 is 0 Å². The molecule has 2 nitrogen and oxygen atoms in total. The van der Waals surface area contributed by atoms with Crippen LogP contribution in [-0.2, 0) is 6.42 Å². The number of aromatic nitrogens is 1. The molecule has 1 atom stereocenters. The Balaban J connectivity index is 2.19. The largest absolute Gasteiger partial charge is 0.310 e. The monoisotopic (exact) mass is 308 g/mol. The van der Waals surface area contributed by atoms with Gasteiger partial charge in [0.2, 0.25) is 0 Å². The molecule has 1 aromatic carbocycles. The number of nitrogens with one attached hydrogen (secondary N) is 1. The molecule has 0 saturated carbocycles. The zero-order valence-corrected chi connectivity index (χ0v) is 13.0. The third kappa shape index (κ3) is 4.20. The zero-order valence-electron chi connectivity index (χ0n) is 11.4. The summed E-state index contributed by atoms with van der Waals surface area (Å²) >= 11 is 12.2. The van der Waals surface area contributed by atoms with E-state index in [1.807, 2.05) is 18.2 Å². The number of hydrogen-bond acceptors (Lipinski definition) is 2. The minimum Gasteiger partial charge on any atom is -0.310 e. The summed E-state index contributed by atoms with van der Waals surface area (Å²) in [6.45, 7) is 3.11. The molecule has 0 amide bonds. The second-order valence-corrected chi connectivity index (χ2v) is 5.58. The first-order valence-corrected chi connectivity index (χ1v) is 7.53. The van der Waals surface area contributed by atoms with E-state index >= 15 is 0 Å². The van der Waals surface area contributed by atoms with Crippen molar-refractivity contribution in [2.75, 3.05) is 6.54 Å². The summed E-state index contributed by atoms with van der Waals surface area (Å²) in [5, 5.41) is 5.01. The fourth-order valence-electron chi connectivity index (χ4n) is 2.14. The van der Waals surface area contributed by atoms with Crippen LogP contribution in [0.4, 0.5) is 0 Å². The van der Waals surface area contributed by atoms with Gasteiger partial charge in [-0.25, -0.2) is 0 Å². The Labute approximate surface area is 130 Å². The molecule has 0 spiro atoms. The minimum atomic E-state index is 0.187. The molecule has 0 saturated heterocycles. The molecule has 1 aromatic heterocycles. The summed E-state index contributed by atoms with van der Waals surface area (Å²) in [5.74, 6) is 0. The lowest BCUT2D eigenvalue weighted by Crippen LogP contribution is -2.24. The smallest absolute Gasteiger partial charge is 0.0637 e. The number of pyridine rings is 1. The van der Waals surface area contributed by atoms with Crippen LogP contribution in [0.1, 0.15) is 30.5 Å². The van der Waals surface area contributed by atoms with Crippen LogP contribution in [0.3, 0.4) is 0 Å². The SMILES string of the molecule is CCCNC(Cc1ccc(Cl)cc1)c1ccncc1Cl. The van der Waals surface area contributed by atoms with Crippen LogP contribution in [-0.4, -0.2) is 11.5 Å². The van der Waals surface area contributed by atoms with E-state index in [1.165, 1.54) is 5.56 Å². The third-order valence-corrected chi connectivity index (χ3v) is 3.74. The van der Waals surface area contributed by atoms with Crippen LogP contribution in [0, 0.1) is 0 Å². The summed E-state index contributed by atoms with van der Waals surface area (Å²) in [6, 6.07) is 10.1. The molecule has 1 N–H and O–H groups in total. The van der Waals surface area contributed by atoms with Gasteiger partial charge in [-0.15, -0.1) is 0 Å². The summed E-state index contributed by atoms with van der Waals surface area (Å²) < 4.78 is 0. The van der Waals surface area contributed by atoms with Gasteiger partial charge < -0.3 is 5.32 Å². The van der Waals surface area contributed by atoms with Crippen LogP contribution >= 0.6 is 23.2 Å². The van der Waals surface area contributed by atoms with Crippen LogP contribution < -0.4 is 5.32 Å². The van der Waals surface area contributed by atoms with Gasteiger partial charge in [-0.05, 0) is 48.7 Å². The molecule has 0 aliphatic rings. The molecule has 2 rings (SSSR count). The lowest BCUT2D eigenvalue weighted by Gasteiger charge is -2.20. The zero-order chi connectivity index (χ0) is 14.4. The van der Waals surface area contributed by atoms with Gasteiger partial charge in [0.1, 0.15) is 0 Å². The van der Waals surface area contributed by atoms with Gasteiger partial charge in [0.25, 0.3) is 0 Å². The predicted octanol–water partition coefficient (Wildman–Crippen LogP) is 4.67. The maximum absolute atomic E-state index is 6.27. The van der Waals surface area contributed by atoms with E-state index in [9.17, 15) is 0 Å². The Hall–Kier alpha value is -1.09. The van der Waals surface area contributed by atoms with Crippen molar-refractivity contribution in [2.24, 2.45) is 0 Å². The highest BCUT2D eigenvalue weighted by Gasteiger charge is 2.14. The summed E-state index contributed by atoms with van der Waals surface area (Å²) in [7, 11) is 0. The first-order chi connectivity index (χ1) is 9.70. The van der Waals surface area contributed by atoms with Gasteiger partial charge in [-0.3, -0.25) is 4.98 Å².